The smallest absolute Gasteiger partial charge is 0.256 e. The second-order valence-electron chi connectivity index (χ2n) is 8.24. The Bertz CT molecular complexity index is 1560. The maximum Gasteiger partial charge on any atom is 0.256 e. The molecule has 0 atom stereocenters. The molecule has 1 radical (unpaired) electrons. The predicted molar refractivity (Wildman–Crippen MR) is 142 cm³/mol. The fourth-order valence-corrected chi connectivity index (χ4v) is 3.95. The van der Waals surface area contributed by atoms with E-state index in [4.69, 9.17) is 0 Å². The van der Waals surface area contributed by atoms with Gasteiger partial charge < -0.3 is 10.6 Å². The minimum atomic E-state index is -0.255. The summed E-state index contributed by atoms with van der Waals surface area (Å²) in [6.07, 6.45) is 3.22. The van der Waals surface area contributed by atoms with Crippen molar-refractivity contribution in [2.75, 3.05) is 5.32 Å². The molecule has 0 aliphatic heterocycles. The number of benzene rings is 5. The topological polar surface area (TPSA) is 58.2 Å². The van der Waals surface area contributed by atoms with Crippen LogP contribution in [0.2, 0.25) is 0 Å². The number of nitrogens with one attached hydrogen (secondary N) is 2. The van der Waals surface area contributed by atoms with Crippen molar-refractivity contribution >= 4 is 45.1 Å². The lowest BCUT2D eigenvalue weighted by Gasteiger charge is -2.11. The van der Waals surface area contributed by atoms with Gasteiger partial charge in [0, 0.05) is 29.9 Å². The van der Waals surface area contributed by atoms with E-state index in [1.54, 1.807) is 12.1 Å². The molecule has 0 aliphatic carbocycles. The van der Waals surface area contributed by atoms with Gasteiger partial charge in [-0.2, -0.15) is 0 Å². The highest BCUT2D eigenvalue weighted by Gasteiger charge is 2.11. The predicted octanol–water partition coefficient (Wildman–Crippen LogP) is 6.38. The van der Waals surface area contributed by atoms with E-state index in [1.165, 1.54) is 6.08 Å². The normalized spacial score (nSPS) is 11.1. The third-order valence-corrected chi connectivity index (χ3v) is 5.79. The Morgan fingerprint density at radius 1 is 0.743 bits per heavy atom. The van der Waals surface area contributed by atoms with Crippen molar-refractivity contribution in [3.05, 3.63) is 132 Å². The first kappa shape index (κ1) is 22.1. The quantitative estimate of drug-likeness (QED) is 0.292. The molecule has 4 nitrogen and oxygen atoms in total. The van der Waals surface area contributed by atoms with Crippen LogP contribution < -0.4 is 10.6 Å². The molecule has 2 N–H and O–H groups in total. The van der Waals surface area contributed by atoms with E-state index >= 15 is 0 Å². The molecule has 5 aromatic carbocycles. The van der Waals surface area contributed by atoms with Gasteiger partial charge in [0.15, 0.2) is 0 Å². The van der Waals surface area contributed by atoms with E-state index in [-0.39, 0.29) is 11.8 Å². The Kier molecular flexibility index (Phi) is 6.35. The minimum absolute atomic E-state index is 0.206. The SMILES string of the molecule is O=C(C=Cc1cc2ccccc2cc1NC(=O)c1[c]c2ccccc2cc1)NCc1ccccc1. The van der Waals surface area contributed by atoms with Gasteiger partial charge in [-0.15, -0.1) is 0 Å². The lowest BCUT2D eigenvalue weighted by atomic mass is 10.0. The Labute approximate surface area is 203 Å². The van der Waals surface area contributed by atoms with Gasteiger partial charge in [-0.05, 0) is 56.9 Å². The number of rotatable bonds is 6. The maximum atomic E-state index is 13.1. The number of carbonyl (C=O) groups is 2. The lowest BCUT2D eigenvalue weighted by Crippen LogP contribution is -2.20. The van der Waals surface area contributed by atoms with Gasteiger partial charge in [0.05, 0.1) is 0 Å². The highest BCUT2D eigenvalue weighted by atomic mass is 16.2. The number of amides is 2. The Balaban J connectivity index is 1.40. The van der Waals surface area contributed by atoms with E-state index in [0.29, 0.717) is 17.8 Å². The van der Waals surface area contributed by atoms with Crippen molar-refractivity contribution in [3.8, 4) is 0 Å². The van der Waals surface area contributed by atoms with Crippen LogP contribution in [0.4, 0.5) is 5.69 Å². The van der Waals surface area contributed by atoms with E-state index in [1.807, 2.05) is 97.1 Å². The second kappa shape index (κ2) is 10.1. The van der Waals surface area contributed by atoms with Crippen molar-refractivity contribution in [1.29, 1.82) is 0 Å². The molecular weight excluding hydrogens is 432 g/mol. The van der Waals surface area contributed by atoms with Crippen LogP contribution in [0.3, 0.4) is 0 Å². The molecule has 0 heterocycles. The zero-order valence-corrected chi connectivity index (χ0v) is 19.0. The van der Waals surface area contributed by atoms with Crippen LogP contribution in [0, 0.1) is 6.07 Å². The number of anilines is 1. The van der Waals surface area contributed by atoms with E-state index in [2.05, 4.69) is 16.7 Å². The van der Waals surface area contributed by atoms with Crippen molar-refractivity contribution in [2.45, 2.75) is 6.54 Å². The van der Waals surface area contributed by atoms with E-state index in [0.717, 1.165) is 32.7 Å². The summed E-state index contributed by atoms with van der Waals surface area (Å²) in [5.41, 5.74) is 2.85. The summed E-state index contributed by atoms with van der Waals surface area (Å²) >= 11 is 0. The summed E-state index contributed by atoms with van der Waals surface area (Å²) in [5, 5.41) is 9.83. The molecule has 0 saturated heterocycles. The largest absolute Gasteiger partial charge is 0.348 e. The lowest BCUT2D eigenvalue weighted by molar-refractivity contribution is -0.116. The number of hydrogen-bond donors (Lipinski definition) is 2. The molecule has 0 spiro atoms. The fourth-order valence-electron chi connectivity index (χ4n) is 3.95. The van der Waals surface area contributed by atoms with Crippen LogP contribution in [0.15, 0.2) is 109 Å². The Morgan fingerprint density at radius 3 is 2.23 bits per heavy atom. The van der Waals surface area contributed by atoms with Gasteiger partial charge >= 0.3 is 0 Å². The van der Waals surface area contributed by atoms with Crippen LogP contribution in [0.5, 0.6) is 0 Å². The van der Waals surface area contributed by atoms with Crippen LogP contribution >= 0.6 is 0 Å². The fraction of sp³-hybridized carbons (Fsp3) is 0.0323. The van der Waals surface area contributed by atoms with Gasteiger partial charge in [-0.1, -0.05) is 84.9 Å². The average molecular weight is 456 g/mol. The van der Waals surface area contributed by atoms with E-state index < -0.39 is 0 Å². The standard InChI is InChI=1S/C31H23N2O2/c34-30(32-21-22-8-2-1-3-9-22)17-16-27-18-25-12-6-7-13-26(25)20-29(27)33-31(35)28-15-14-23-10-4-5-11-24(23)19-28/h1-18,20H,21H2,(H,32,34)(H,33,35). The van der Waals surface area contributed by atoms with Crippen LogP contribution in [-0.4, -0.2) is 11.8 Å². The van der Waals surface area contributed by atoms with Crippen molar-refractivity contribution in [2.24, 2.45) is 0 Å². The number of hydrogen-bond acceptors (Lipinski definition) is 2. The summed E-state index contributed by atoms with van der Waals surface area (Å²) in [7, 11) is 0. The zero-order valence-electron chi connectivity index (χ0n) is 19.0. The molecule has 2 amide bonds. The third kappa shape index (κ3) is 5.28. The number of carbonyl (C=O) groups excluding carboxylic acids is 2. The van der Waals surface area contributed by atoms with Crippen LogP contribution in [0.25, 0.3) is 27.6 Å². The summed E-state index contributed by atoms with van der Waals surface area (Å²) in [6, 6.07) is 36.2. The van der Waals surface area contributed by atoms with Gasteiger partial charge in [-0.25, -0.2) is 0 Å². The van der Waals surface area contributed by atoms with Crippen LogP contribution in [-0.2, 0) is 11.3 Å². The summed E-state index contributed by atoms with van der Waals surface area (Å²) in [6.45, 7) is 0.448. The molecule has 0 aliphatic rings. The van der Waals surface area contributed by atoms with E-state index in [9.17, 15) is 9.59 Å². The molecule has 5 rings (SSSR count). The molecule has 0 aromatic heterocycles. The molecular formula is C31H23N2O2. The highest BCUT2D eigenvalue weighted by Crippen LogP contribution is 2.26. The first-order valence-corrected chi connectivity index (χ1v) is 11.4. The highest BCUT2D eigenvalue weighted by molar-refractivity contribution is 6.08. The molecule has 0 saturated carbocycles. The van der Waals surface area contributed by atoms with Gasteiger partial charge in [0.2, 0.25) is 5.91 Å². The van der Waals surface area contributed by atoms with Gasteiger partial charge in [0.1, 0.15) is 0 Å². The maximum absolute atomic E-state index is 13.1. The van der Waals surface area contributed by atoms with Crippen LogP contribution in [0.1, 0.15) is 21.5 Å². The Morgan fingerprint density at radius 2 is 1.43 bits per heavy atom. The monoisotopic (exact) mass is 455 g/mol. The van der Waals surface area contributed by atoms with Crippen molar-refractivity contribution < 1.29 is 9.59 Å². The average Bonchev–Trinajstić information content (AvgIpc) is 2.91. The molecule has 4 heteroatoms. The zero-order chi connectivity index (χ0) is 24.0. The summed E-state index contributed by atoms with van der Waals surface area (Å²) in [4.78, 5) is 25.5. The van der Waals surface area contributed by atoms with Gasteiger partial charge in [-0.3, -0.25) is 9.59 Å². The van der Waals surface area contributed by atoms with Crippen molar-refractivity contribution in [1.82, 2.24) is 5.32 Å². The molecule has 169 valence electrons. The first-order valence-electron chi connectivity index (χ1n) is 11.4. The second-order valence-corrected chi connectivity index (χ2v) is 8.24. The summed E-state index contributed by atoms with van der Waals surface area (Å²) in [5.74, 6) is -0.462. The molecule has 0 unspecified atom stereocenters. The summed E-state index contributed by atoms with van der Waals surface area (Å²) < 4.78 is 0. The first-order chi connectivity index (χ1) is 17.2. The number of fused-ring (bicyclic) bond motifs is 2. The Hall–Kier alpha value is -4.70. The molecule has 0 bridgehead atoms. The van der Waals surface area contributed by atoms with Gasteiger partial charge in [0.25, 0.3) is 5.91 Å². The molecule has 0 fully saturated rings. The molecule has 35 heavy (non-hydrogen) atoms. The third-order valence-electron chi connectivity index (χ3n) is 5.79. The molecule has 5 aromatic rings. The minimum Gasteiger partial charge on any atom is -0.348 e. The van der Waals surface area contributed by atoms with Crippen molar-refractivity contribution in [3.63, 3.8) is 0 Å².